The van der Waals surface area contributed by atoms with Crippen molar-refractivity contribution in [1.82, 2.24) is 0 Å². The SMILES string of the molecule is COc1cccc(CC(N)CCC2CCCO2)c1. The third-order valence-electron chi connectivity index (χ3n) is 3.52. The van der Waals surface area contributed by atoms with E-state index in [-0.39, 0.29) is 6.04 Å². The van der Waals surface area contributed by atoms with Gasteiger partial charge < -0.3 is 15.2 Å². The third-order valence-corrected chi connectivity index (χ3v) is 3.52. The van der Waals surface area contributed by atoms with Gasteiger partial charge in [-0.2, -0.15) is 0 Å². The Morgan fingerprint density at radius 1 is 1.50 bits per heavy atom. The Morgan fingerprint density at radius 3 is 3.11 bits per heavy atom. The molecule has 1 fully saturated rings. The second-order valence-electron chi connectivity index (χ2n) is 5.03. The molecule has 2 unspecified atom stereocenters. The van der Waals surface area contributed by atoms with Crippen LogP contribution in [0.1, 0.15) is 31.2 Å². The number of benzene rings is 1. The topological polar surface area (TPSA) is 44.5 Å². The number of ether oxygens (including phenoxy) is 2. The summed E-state index contributed by atoms with van der Waals surface area (Å²) in [5, 5.41) is 0. The van der Waals surface area contributed by atoms with Crippen LogP contribution in [0.15, 0.2) is 24.3 Å². The van der Waals surface area contributed by atoms with Crippen molar-refractivity contribution in [1.29, 1.82) is 0 Å². The zero-order valence-electron chi connectivity index (χ0n) is 11.1. The molecule has 2 rings (SSSR count). The molecule has 1 saturated heterocycles. The lowest BCUT2D eigenvalue weighted by Crippen LogP contribution is -2.24. The van der Waals surface area contributed by atoms with Crippen LogP contribution in [-0.2, 0) is 11.2 Å². The summed E-state index contributed by atoms with van der Waals surface area (Å²) in [5.74, 6) is 0.902. The summed E-state index contributed by atoms with van der Waals surface area (Å²) in [6.07, 6.45) is 5.87. The van der Waals surface area contributed by atoms with E-state index in [4.69, 9.17) is 15.2 Å². The van der Waals surface area contributed by atoms with Crippen molar-refractivity contribution in [3.8, 4) is 5.75 Å². The van der Waals surface area contributed by atoms with Gasteiger partial charge in [-0.15, -0.1) is 0 Å². The minimum atomic E-state index is 0.210. The Labute approximate surface area is 109 Å². The number of hydrogen-bond donors (Lipinski definition) is 1. The summed E-state index contributed by atoms with van der Waals surface area (Å²) in [7, 11) is 1.69. The van der Waals surface area contributed by atoms with E-state index in [2.05, 4.69) is 12.1 Å². The number of hydrogen-bond acceptors (Lipinski definition) is 3. The maximum absolute atomic E-state index is 6.18. The van der Waals surface area contributed by atoms with Gasteiger partial charge in [-0.05, 0) is 49.8 Å². The summed E-state index contributed by atoms with van der Waals surface area (Å²) < 4.78 is 10.8. The van der Waals surface area contributed by atoms with Crippen molar-refractivity contribution in [2.24, 2.45) is 5.73 Å². The lowest BCUT2D eigenvalue weighted by Gasteiger charge is -2.15. The number of methoxy groups -OCH3 is 1. The van der Waals surface area contributed by atoms with Gasteiger partial charge in [-0.3, -0.25) is 0 Å². The first-order valence-corrected chi connectivity index (χ1v) is 6.78. The second-order valence-corrected chi connectivity index (χ2v) is 5.03. The van der Waals surface area contributed by atoms with Gasteiger partial charge in [0.15, 0.2) is 0 Å². The van der Waals surface area contributed by atoms with Gasteiger partial charge in [0, 0.05) is 12.6 Å². The highest BCUT2D eigenvalue weighted by atomic mass is 16.5. The lowest BCUT2D eigenvalue weighted by molar-refractivity contribution is 0.101. The predicted molar refractivity (Wildman–Crippen MR) is 72.9 cm³/mol. The molecule has 1 aliphatic rings. The maximum atomic E-state index is 6.18. The first-order valence-electron chi connectivity index (χ1n) is 6.78. The Morgan fingerprint density at radius 2 is 2.39 bits per heavy atom. The Kier molecular flexibility index (Phi) is 5.02. The lowest BCUT2D eigenvalue weighted by atomic mass is 10.00. The molecular formula is C15H23NO2. The largest absolute Gasteiger partial charge is 0.497 e. The normalized spacial score (nSPS) is 20.9. The van der Waals surface area contributed by atoms with E-state index < -0.39 is 0 Å². The second kappa shape index (κ2) is 6.76. The summed E-state index contributed by atoms with van der Waals surface area (Å²) in [4.78, 5) is 0. The zero-order chi connectivity index (χ0) is 12.8. The molecule has 1 heterocycles. The molecule has 1 aliphatic heterocycles. The van der Waals surface area contributed by atoms with Crippen LogP contribution in [0.4, 0.5) is 0 Å². The molecule has 0 aliphatic carbocycles. The predicted octanol–water partition coefficient (Wildman–Crippen LogP) is 2.52. The molecule has 0 radical (unpaired) electrons. The quantitative estimate of drug-likeness (QED) is 0.842. The van der Waals surface area contributed by atoms with E-state index in [1.165, 1.54) is 18.4 Å². The minimum absolute atomic E-state index is 0.210. The van der Waals surface area contributed by atoms with Crippen LogP contribution in [0.25, 0.3) is 0 Å². The van der Waals surface area contributed by atoms with Crippen molar-refractivity contribution in [3.05, 3.63) is 29.8 Å². The fourth-order valence-electron chi connectivity index (χ4n) is 2.48. The molecule has 1 aromatic carbocycles. The smallest absolute Gasteiger partial charge is 0.119 e. The highest BCUT2D eigenvalue weighted by Gasteiger charge is 2.16. The molecule has 18 heavy (non-hydrogen) atoms. The standard InChI is InChI=1S/C15H23NO2/c1-17-15-5-2-4-12(11-15)10-13(16)7-8-14-6-3-9-18-14/h2,4-5,11,13-14H,3,6-10,16H2,1H3. The molecule has 3 heteroatoms. The van der Waals surface area contributed by atoms with Crippen molar-refractivity contribution in [2.45, 2.75) is 44.2 Å². The molecule has 0 amide bonds. The molecule has 0 aromatic heterocycles. The summed E-state index contributed by atoms with van der Waals surface area (Å²) in [6, 6.07) is 8.35. The average Bonchev–Trinajstić information content (AvgIpc) is 2.90. The van der Waals surface area contributed by atoms with Crippen molar-refractivity contribution in [3.63, 3.8) is 0 Å². The molecule has 0 saturated carbocycles. The number of nitrogens with two attached hydrogens (primary N) is 1. The van der Waals surface area contributed by atoms with Gasteiger partial charge in [0.05, 0.1) is 13.2 Å². The zero-order valence-corrected chi connectivity index (χ0v) is 11.1. The van der Waals surface area contributed by atoms with Crippen LogP contribution in [0.2, 0.25) is 0 Å². The minimum Gasteiger partial charge on any atom is -0.497 e. The van der Waals surface area contributed by atoms with E-state index in [0.717, 1.165) is 31.6 Å². The molecule has 1 aromatic rings. The van der Waals surface area contributed by atoms with Crippen LogP contribution >= 0.6 is 0 Å². The van der Waals surface area contributed by atoms with E-state index >= 15 is 0 Å². The third kappa shape index (κ3) is 4.00. The molecular weight excluding hydrogens is 226 g/mol. The summed E-state index contributed by atoms with van der Waals surface area (Å²) >= 11 is 0. The molecule has 2 atom stereocenters. The fraction of sp³-hybridized carbons (Fsp3) is 0.600. The number of rotatable bonds is 6. The first-order chi connectivity index (χ1) is 8.78. The summed E-state index contributed by atoms with van der Waals surface area (Å²) in [5.41, 5.74) is 7.42. The van der Waals surface area contributed by atoms with Gasteiger partial charge >= 0.3 is 0 Å². The average molecular weight is 249 g/mol. The van der Waals surface area contributed by atoms with Gasteiger partial charge in [-0.25, -0.2) is 0 Å². The van der Waals surface area contributed by atoms with Crippen LogP contribution in [0.3, 0.4) is 0 Å². The fourth-order valence-corrected chi connectivity index (χ4v) is 2.48. The van der Waals surface area contributed by atoms with Gasteiger partial charge in [-0.1, -0.05) is 12.1 Å². The van der Waals surface area contributed by atoms with Crippen molar-refractivity contribution in [2.75, 3.05) is 13.7 Å². The van der Waals surface area contributed by atoms with Gasteiger partial charge in [0.2, 0.25) is 0 Å². The molecule has 100 valence electrons. The van der Waals surface area contributed by atoms with Crippen LogP contribution < -0.4 is 10.5 Å². The molecule has 0 spiro atoms. The Hall–Kier alpha value is -1.06. The molecule has 3 nitrogen and oxygen atoms in total. The Bertz CT molecular complexity index is 361. The Balaban J connectivity index is 1.76. The molecule has 2 N–H and O–H groups in total. The van der Waals surface area contributed by atoms with Crippen molar-refractivity contribution >= 4 is 0 Å². The van der Waals surface area contributed by atoms with Crippen LogP contribution in [0, 0.1) is 0 Å². The van der Waals surface area contributed by atoms with E-state index in [0.29, 0.717) is 6.10 Å². The summed E-state index contributed by atoms with van der Waals surface area (Å²) in [6.45, 7) is 0.926. The monoisotopic (exact) mass is 249 g/mol. The van der Waals surface area contributed by atoms with Crippen LogP contribution in [-0.4, -0.2) is 25.9 Å². The van der Waals surface area contributed by atoms with Crippen LogP contribution in [0.5, 0.6) is 5.75 Å². The first kappa shape index (κ1) is 13.4. The van der Waals surface area contributed by atoms with E-state index in [1.54, 1.807) is 7.11 Å². The molecule has 0 bridgehead atoms. The maximum Gasteiger partial charge on any atom is 0.119 e. The van der Waals surface area contributed by atoms with Gasteiger partial charge in [0.1, 0.15) is 5.75 Å². The highest BCUT2D eigenvalue weighted by molar-refractivity contribution is 5.28. The van der Waals surface area contributed by atoms with E-state index in [1.807, 2.05) is 12.1 Å². The highest BCUT2D eigenvalue weighted by Crippen LogP contribution is 2.19. The van der Waals surface area contributed by atoms with Gasteiger partial charge in [0.25, 0.3) is 0 Å². The van der Waals surface area contributed by atoms with E-state index in [9.17, 15) is 0 Å². The van der Waals surface area contributed by atoms with Crippen molar-refractivity contribution < 1.29 is 9.47 Å².